The Balaban J connectivity index is 0.00000361. The van der Waals surface area contributed by atoms with Gasteiger partial charge >= 0.3 is 0 Å². The van der Waals surface area contributed by atoms with Crippen LogP contribution in [0, 0.1) is 5.92 Å². The van der Waals surface area contributed by atoms with Crippen LogP contribution in [0.3, 0.4) is 0 Å². The van der Waals surface area contributed by atoms with Gasteiger partial charge in [0.25, 0.3) is 5.91 Å². The van der Waals surface area contributed by atoms with Gasteiger partial charge in [-0.3, -0.25) is 9.59 Å². The Labute approximate surface area is 129 Å². The van der Waals surface area contributed by atoms with Crippen molar-refractivity contribution in [2.75, 3.05) is 12.4 Å². The third-order valence-corrected chi connectivity index (χ3v) is 3.15. The number of rotatable bonds is 4. The topological polar surface area (TPSA) is 84.2 Å². The normalized spacial score (nSPS) is 12.8. The number of benzene rings is 1. The second kappa shape index (κ2) is 8.09. The maximum absolute atomic E-state index is 11.9. The van der Waals surface area contributed by atoms with Crippen LogP contribution in [0.25, 0.3) is 0 Å². The van der Waals surface area contributed by atoms with Crippen LogP contribution in [-0.4, -0.2) is 24.9 Å². The van der Waals surface area contributed by atoms with E-state index in [1.807, 2.05) is 0 Å². The molecule has 0 fully saturated rings. The number of carbonyl (C=O) groups excluding carboxylic acids is 2. The van der Waals surface area contributed by atoms with Gasteiger partial charge in [-0.25, -0.2) is 0 Å². The fraction of sp³-hybridized carbons (Fsp3) is 0.385. The molecule has 1 aromatic carbocycles. The van der Waals surface area contributed by atoms with Crippen LogP contribution in [0.5, 0.6) is 0 Å². The molecule has 4 N–H and O–H groups in total. The van der Waals surface area contributed by atoms with Gasteiger partial charge in [-0.2, -0.15) is 0 Å². The molecule has 0 spiro atoms. The summed E-state index contributed by atoms with van der Waals surface area (Å²) in [4.78, 5) is 23.7. The summed E-state index contributed by atoms with van der Waals surface area (Å²) in [7, 11) is 1.51. The Morgan fingerprint density at radius 3 is 2.40 bits per heavy atom. The molecule has 2 amide bonds. The van der Waals surface area contributed by atoms with Gasteiger partial charge in [-0.05, 0) is 25.1 Å². The first-order valence-corrected chi connectivity index (χ1v) is 6.32. The highest BCUT2D eigenvalue weighted by atomic mass is 35.5. The van der Waals surface area contributed by atoms with Crippen molar-refractivity contribution in [2.24, 2.45) is 11.7 Å². The minimum Gasteiger partial charge on any atom is -0.355 e. The molecule has 20 heavy (non-hydrogen) atoms. The number of nitrogens with one attached hydrogen (secondary N) is 2. The maximum atomic E-state index is 11.9. The fourth-order valence-electron chi connectivity index (χ4n) is 1.43. The van der Waals surface area contributed by atoms with Crippen molar-refractivity contribution >= 4 is 41.5 Å². The molecule has 1 aromatic rings. The lowest BCUT2D eigenvalue weighted by molar-refractivity contribution is -0.119. The molecule has 1 rings (SSSR count). The summed E-state index contributed by atoms with van der Waals surface area (Å²) in [6.45, 7) is 3.49. The predicted molar refractivity (Wildman–Crippen MR) is 83.5 cm³/mol. The van der Waals surface area contributed by atoms with Gasteiger partial charge in [0.2, 0.25) is 5.91 Å². The number of carbonyl (C=O) groups is 2. The highest BCUT2D eigenvalue weighted by Gasteiger charge is 2.19. The molecule has 0 aliphatic rings. The molecular weight excluding hydrogens is 301 g/mol. The standard InChI is InChI=1S/C13H18ClN3O2.ClH/c1-7(8(2)15)12(18)17-11-5-4-9(14)6-10(11)13(19)16-3;/h4-8H,15H2,1-3H3,(H,16,19)(H,17,18);1H. The van der Waals surface area contributed by atoms with Crippen molar-refractivity contribution in [1.82, 2.24) is 5.32 Å². The van der Waals surface area contributed by atoms with Crippen molar-refractivity contribution in [3.63, 3.8) is 0 Å². The van der Waals surface area contributed by atoms with E-state index in [0.717, 1.165) is 0 Å². The SMILES string of the molecule is CNC(=O)c1cc(Cl)ccc1NC(=O)C(C)C(C)N.Cl. The molecular formula is C13H19Cl2N3O2. The minimum atomic E-state index is -0.354. The number of amides is 2. The highest BCUT2D eigenvalue weighted by molar-refractivity contribution is 6.31. The summed E-state index contributed by atoms with van der Waals surface area (Å²) in [5.41, 5.74) is 6.41. The monoisotopic (exact) mass is 319 g/mol. The summed E-state index contributed by atoms with van der Waals surface area (Å²) < 4.78 is 0. The van der Waals surface area contributed by atoms with Crippen LogP contribution in [0.4, 0.5) is 5.69 Å². The van der Waals surface area contributed by atoms with Crippen LogP contribution in [0.2, 0.25) is 5.02 Å². The lowest BCUT2D eigenvalue weighted by Gasteiger charge is -2.17. The Bertz CT molecular complexity index is 493. The fourth-order valence-corrected chi connectivity index (χ4v) is 1.61. The quantitative estimate of drug-likeness (QED) is 0.794. The molecule has 0 bridgehead atoms. The average molecular weight is 320 g/mol. The van der Waals surface area contributed by atoms with Crippen LogP contribution >= 0.6 is 24.0 Å². The predicted octanol–water partition coefficient (Wildman–Crippen LogP) is 2.04. The van der Waals surface area contributed by atoms with E-state index in [-0.39, 0.29) is 36.2 Å². The first-order chi connectivity index (χ1) is 8.86. The summed E-state index contributed by atoms with van der Waals surface area (Å²) in [6, 6.07) is 4.45. The van der Waals surface area contributed by atoms with E-state index in [2.05, 4.69) is 10.6 Å². The molecule has 0 aliphatic heterocycles. The zero-order valence-electron chi connectivity index (χ0n) is 11.6. The average Bonchev–Trinajstić information content (AvgIpc) is 2.38. The van der Waals surface area contributed by atoms with Gasteiger partial charge in [0, 0.05) is 18.1 Å². The van der Waals surface area contributed by atoms with Crippen molar-refractivity contribution < 1.29 is 9.59 Å². The Morgan fingerprint density at radius 1 is 1.30 bits per heavy atom. The Hall–Kier alpha value is -1.30. The van der Waals surface area contributed by atoms with E-state index in [0.29, 0.717) is 16.3 Å². The smallest absolute Gasteiger partial charge is 0.253 e. The van der Waals surface area contributed by atoms with E-state index in [1.165, 1.54) is 13.1 Å². The first-order valence-electron chi connectivity index (χ1n) is 5.95. The number of nitrogens with two attached hydrogens (primary N) is 1. The molecule has 0 heterocycles. The number of hydrogen-bond donors (Lipinski definition) is 3. The molecule has 0 aromatic heterocycles. The number of hydrogen-bond acceptors (Lipinski definition) is 3. The van der Waals surface area contributed by atoms with E-state index in [4.69, 9.17) is 17.3 Å². The van der Waals surface area contributed by atoms with E-state index in [1.54, 1.807) is 26.0 Å². The van der Waals surface area contributed by atoms with Gasteiger partial charge in [-0.15, -0.1) is 12.4 Å². The highest BCUT2D eigenvalue weighted by Crippen LogP contribution is 2.21. The first kappa shape index (κ1) is 18.7. The zero-order valence-corrected chi connectivity index (χ0v) is 13.1. The van der Waals surface area contributed by atoms with Crippen LogP contribution in [0.15, 0.2) is 18.2 Å². The summed E-state index contributed by atoms with van der Waals surface area (Å²) >= 11 is 5.85. The van der Waals surface area contributed by atoms with E-state index in [9.17, 15) is 9.59 Å². The lowest BCUT2D eigenvalue weighted by atomic mass is 10.0. The maximum Gasteiger partial charge on any atom is 0.253 e. The van der Waals surface area contributed by atoms with Crippen LogP contribution < -0.4 is 16.4 Å². The molecule has 2 atom stereocenters. The summed E-state index contributed by atoms with van der Waals surface area (Å²) in [5.74, 6) is -0.901. The summed E-state index contributed by atoms with van der Waals surface area (Å²) in [6.07, 6.45) is 0. The largest absolute Gasteiger partial charge is 0.355 e. The molecule has 0 aliphatic carbocycles. The van der Waals surface area contributed by atoms with Crippen molar-refractivity contribution in [3.8, 4) is 0 Å². The minimum absolute atomic E-state index is 0. The second-order valence-corrected chi connectivity index (χ2v) is 4.84. The van der Waals surface area contributed by atoms with Crippen LogP contribution in [0.1, 0.15) is 24.2 Å². The van der Waals surface area contributed by atoms with Gasteiger partial charge in [-0.1, -0.05) is 18.5 Å². The van der Waals surface area contributed by atoms with Gasteiger partial charge in [0.1, 0.15) is 0 Å². The van der Waals surface area contributed by atoms with E-state index < -0.39 is 0 Å². The third kappa shape index (κ3) is 4.67. The second-order valence-electron chi connectivity index (χ2n) is 4.41. The van der Waals surface area contributed by atoms with Crippen molar-refractivity contribution in [3.05, 3.63) is 28.8 Å². The van der Waals surface area contributed by atoms with E-state index >= 15 is 0 Å². The Morgan fingerprint density at radius 2 is 1.90 bits per heavy atom. The van der Waals surface area contributed by atoms with Crippen molar-refractivity contribution in [2.45, 2.75) is 19.9 Å². The number of halogens is 2. The molecule has 0 radical (unpaired) electrons. The van der Waals surface area contributed by atoms with Crippen molar-refractivity contribution in [1.29, 1.82) is 0 Å². The van der Waals surface area contributed by atoms with Gasteiger partial charge in [0.15, 0.2) is 0 Å². The van der Waals surface area contributed by atoms with Gasteiger partial charge < -0.3 is 16.4 Å². The molecule has 7 heteroatoms. The molecule has 5 nitrogen and oxygen atoms in total. The molecule has 112 valence electrons. The van der Waals surface area contributed by atoms with Gasteiger partial charge in [0.05, 0.1) is 17.2 Å². The third-order valence-electron chi connectivity index (χ3n) is 2.91. The zero-order chi connectivity index (χ0) is 14.6. The lowest BCUT2D eigenvalue weighted by Crippen LogP contribution is -2.34. The molecule has 0 saturated carbocycles. The molecule has 0 saturated heterocycles. The summed E-state index contributed by atoms with van der Waals surface area (Å²) in [5, 5.41) is 5.62. The number of anilines is 1. The molecule has 2 unspecified atom stereocenters. The van der Waals surface area contributed by atoms with Crippen LogP contribution in [-0.2, 0) is 4.79 Å². The Kier molecular flexibility index (Phi) is 7.57.